The van der Waals surface area contributed by atoms with Gasteiger partial charge in [-0.15, -0.1) is 0 Å². The van der Waals surface area contributed by atoms with Crippen molar-refractivity contribution in [1.29, 1.82) is 0 Å². The molecule has 0 N–H and O–H groups in total. The fraction of sp³-hybridized carbons (Fsp3) is 0.462. The van der Waals surface area contributed by atoms with E-state index >= 15 is 0 Å². The Labute approximate surface area is 108 Å². The molecule has 0 bridgehead atoms. The molecular formula is C13H18O4S. The standard InChI is InChI=1S/C13H18O4S/c1-5-13(2,3)17-12(14)10-6-8-11(9-7-10)18(4,15)16/h6-9H,5H2,1-4H3. The van der Waals surface area contributed by atoms with Crippen molar-refractivity contribution >= 4 is 15.8 Å². The number of carbonyl (C=O) groups is 1. The van der Waals surface area contributed by atoms with Crippen LogP contribution in [0.2, 0.25) is 0 Å². The van der Waals surface area contributed by atoms with Crippen LogP contribution in [0.1, 0.15) is 37.6 Å². The van der Waals surface area contributed by atoms with Gasteiger partial charge in [-0.1, -0.05) is 6.92 Å². The first-order chi connectivity index (χ1) is 8.15. The smallest absolute Gasteiger partial charge is 0.338 e. The van der Waals surface area contributed by atoms with E-state index in [0.717, 1.165) is 6.26 Å². The zero-order valence-electron chi connectivity index (χ0n) is 11.1. The highest BCUT2D eigenvalue weighted by molar-refractivity contribution is 7.90. The van der Waals surface area contributed by atoms with E-state index < -0.39 is 21.4 Å². The number of esters is 1. The van der Waals surface area contributed by atoms with Gasteiger partial charge in [0.2, 0.25) is 0 Å². The van der Waals surface area contributed by atoms with Crippen LogP contribution in [-0.2, 0) is 14.6 Å². The highest BCUT2D eigenvalue weighted by Gasteiger charge is 2.21. The first-order valence-corrected chi connectivity index (χ1v) is 7.58. The van der Waals surface area contributed by atoms with Crippen LogP contribution in [0.4, 0.5) is 0 Å². The van der Waals surface area contributed by atoms with Crippen molar-refractivity contribution in [2.45, 2.75) is 37.7 Å². The van der Waals surface area contributed by atoms with Gasteiger partial charge in [-0.2, -0.15) is 0 Å². The summed E-state index contributed by atoms with van der Waals surface area (Å²) < 4.78 is 27.9. The molecule has 5 heteroatoms. The van der Waals surface area contributed by atoms with Crippen LogP contribution < -0.4 is 0 Å². The quantitative estimate of drug-likeness (QED) is 0.788. The van der Waals surface area contributed by atoms with Gasteiger partial charge < -0.3 is 4.74 Å². The third kappa shape index (κ3) is 3.84. The van der Waals surface area contributed by atoms with Gasteiger partial charge in [-0.3, -0.25) is 0 Å². The van der Waals surface area contributed by atoms with Crippen LogP contribution in [0, 0.1) is 0 Å². The molecule has 0 fully saturated rings. The SMILES string of the molecule is CCC(C)(C)OC(=O)c1ccc(S(C)(=O)=O)cc1. The van der Waals surface area contributed by atoms with Crippen molar-refractivity contribution < 1.29 is 17.9 Å². The summed E-state index contributed by atoms with van der Waals surface area (Å²) >= 11 is 0. The first kappa shape index (κ1) is 14.7. The first-order valence-electron chi connectivity index (χ1n) is 5.69. The Balaban J connectivity index is 2.90. The van der Waals surface area contributed by atoms with Crippen LogP contribution in [0.5, 0.6) is 0 Å². The molecule has 18 heavy (non-hydrogen) atoms. The van der Waals surface area contributed by atoms with Crippen LogP contribution in [0.3, 0.4) is 0 Å². The minimum atomic E-state index is -3.24. The molecule has 1 rings (SSSR count). The van der Waals surface area contributed by atoms with Gasteiger partial charge in [0.15, 0.2) is 9.84 Å². The summed E-state index contributed by atoms with van der Waals surface area (Å²) in [5, 5.41) is 0. The van der Waals surface area contributed by atoms with E-state index in [2.05, 4.69) is 0 Å². The van der Waals surface area contributed by atoms with Crippen molar-refractivity contribution in [2.75, 3.05) is 6.26 Å². The Morgan fingerprint density at radius 3 is 2.11 bits per heavy atom. The van der Waals surface area contributed by atoms with E-state index in [1.165, 1.54) is 24.3 Å². The van der Waals surface area contributed by atoms with Crippen molar-refractivity contribution in [3.05, 3.63) is 29.8 Å². The molecule has 0 amide bonds. The largest absolute Gasteiger partial charge is 0.456 e. The van der Waals surface area contributed by atoms with E-state index in [9.17, 15) is 13.2 Å². The van der Waals surface area contributed by atoms with Crippen LogP contribution in [-0.4, -0.2) is 26.2 Å². The van der Waals surface area contributed by atoms with E-state index in [0.29, 0.717) is 12.0 Å². The van der Waals surface area contributed by atoms with Gasteiger partial charge in [0, 0.05) is 6.26 Å². The van der Waals surface area contributed by atoms with Crippen molar-refractivity contribution in [2.24, 2.45) is 0 Å². The predicted octanol–water partition coefficient (Wildman–Crippen LogP) is 2.44. The van der Waals surface area contributed by atoms with Gasteiger partial charge in [-0.25, -0.2) is 13.2 Å². The zero-order chi connectivity index (χ0) is 14.0. The second kappa shape index (κ2) is 5.10. The third-order valence-corrected chi connectivity index (χ3v) is 3.87. The van der Waals surface area contributed by atoms with Crippen LogP contribution in [0.15, 0.2) is 29.2 Å². The summed E-state index contributed by atoms with van der Waals surface area (Å²) in [6, 6.07) is 5.74. The number of carbonyl (C=O) groups excluding carboxylic acids is 1. The minimum absolute atomic E-state index is 0.189. The number of ether oxygens (including phenoxy) is 1. The molecule has 0 saturated heterocycles. The highest BCUT2D eigenvalue weighted by Crippen LogP contribution is 2.17. The van der Waals surface area contributed by atoms with E-state index in [-0.39, 0.29) is 4.90 Å². The van der Waals surface area contributed by atoms with Crippen molar-refractivity contribution in [3.8, 4) is 0 Å². The average molecular weight is 270 g/mol. The monoisotopic (exact) mass is 270 g/mol. The van der Waals surface area contributed by atoms with Gasteiger partial charge in [0.05, 0.1) is 10.5 Å². The second-order valence-corrected chi connectivity index (χ2v) is 6.82. The molecule has 0 aliphatic carbocycles. The Morgan fingerprint density at radius 2 is 1.72 bits per heavy atom. The molecule has 1 aromatic carbocycles. The maximum atomic E-state index is 11.8. The maximum Gasteiger partial charge on any atom is 0.338 e. The van der Waals surface area contributed by atoms with Crippen molar-refractivity contribution in [1.82, 2.24) is 0 Å². The van der Waals surface area contributed by atoms with Crippen LogP contribution in [0.25, 0.3) is 0 Å². The molecule has 100 valence electrons. The topological polar surface area (TPSA) is 60.4 Å². The number of sulfone groups is 1. The summed E-state index contributed by atoms with van der Waals surface area (Å²) in [5.41, 5.74) is -0.170. The molecule has 4 nitrogen and oxygen atoms in total. The molecule has 0 aliphatic heterocycles. The summed E-state index contributed by atoms with van der Waals surface area (Å²) in [4.78, 5) is 12.0. The molecule has 0 spiro atoms. The maximum absolute atomic E-state index is 11.8. The van der Waals surface area contributed by atoms with Gasteiger partial charge in [0.1, 0.15) is 5.60 Å². The lowest BCUT2D eigenvalue weighted by Crippen LogP contribution is -2.27. The lowest BCUT2D eigenvalue weighted by atomic mass is 10.1. The Morgan fingerprint density at radius 1 is 1.22 bits per heavy atom. The van der Waals surface area contributed by atoms with Gasteiger partial charge in [-0.05, 0) is 44.5 Å². The lowest BCUT2D eigenvalue weighted by Gasteiger charge is -2.23. The molecule has 0 heterocycles. The van der Waals surface area contributed by atoms with Crippen molar-refractivity contribution in [3.63, 3.8) is 0 Å². The lowest BCUT2D eigenvalue weighted by molar-refractivity contribution is -0.00244. The molecule has 0 aromatic heterocycles. The zero-order valence-corrected chi connectivity index (χ0v) is 11.9. The van der Waals surface area contributed by atoms with Gasteiger partial charge >= 0.3 is 5.97 Å². The van der Waals surface area contributed by atoms with Crippen LogP contribution >= 0.6 is 0 Å². The number of rotatable bonds is 4. The summed E-state index contributed by atoms with van der Waals surface area (Å²) in [7, 11) is -3.24. The second-order valence-electron chi connectivity index (χ2n) is 4.80. The molecule has 0 aliphatic rings. The molecule has 1 aromatic rings. The Bertz CT molecular complexity index is 527. The fourth-order valence-electron chi connectivity index (χ4n) is 1.22. The third-order valence-electron chi connectivity index (χ3n) is 2.74. The molecule has 0 radical (unpaired) electrons. The average Bonchev–Trinajstić information content (AvgIpc) is 2.27. The predicted molar refractivity (Wildman–Crippen MR) is 69.3 cm³/mol. The summed E-state index contributed by atoms with van der Waals surface area (Å²) in [6.45, 7) is 5.59. The number of benzene rings is 1. The van der Waals surface area contributed by atoms with Gasteiger partial charge in [0.25, 0.3) is 0 Å². The Hall–Kier alpha value is -1.36. The highest BCUT2D eigenvalue weighted by atomic mass is 32.2. The molecule has 0 saturated carbocycles. The van der Waals surface area contributed by atoms with E-state index in [1.54, 1.807) is 0 Å². The fourth-order valence-corrected chi connectivity index (χ4v) is 1.85. The minimum Gasteiger partial charge on any atom is -0.456 e. The summed E-state index contributed by atoms with van der Waals surface area (Å²) in [6.07, 6.45) is 1.83. The molecule has 0 atom stereocenters. The molecular weight excluding hydrogens is 252 g/mol. The summed E-state index contributed by atoms with van der Waals surface area (Å²) in [5.74, 6) is -0.443. The molecule has 0 unspecified atom stereocenters. The Kier molecular flexibility index (Phi) is 4.16. The van der Waals surface area contributed by atoms with E-state index in [1.807, 2.05) is 20.8 Å². The van der Waals surface area contributed by atoms with E-state index in [4.69, 9.17) is 4.74 Å². The number of hydrogen-bond donors (Lipinski definition) is 0. The normalized spacial score (nSPS) is 12.2. The number of hydrogen-bond acceptors (Lipinski definition) is 4.